The van der Waals surface area contributed by atoms with Gasteiger partial charge in [-0.25, -0.2) is 4.99 Å². The Kier molecular flexibility index (Phi) is 12.1. The van der Waals surface area contributed by atoms with Gasteiger partial charge in [0.25, 0.3) is 0 Å². The number of alkyl halides is 2. The molecule has 0 bridgehead atoms. The molecule has 1 unspecified atom stereocenters. The van der Waals surface area contributed by atoms with Gasteiger partial charge in [-0.15, -0.1) is 24.0 Å². The third-order valence-electron chi connectivity index (χ3n) is 5.16. The van der Waals surface area contributed by atoms with E-state index in [9.17, 15) is 13.6 Å². The van der Waals surface area contributed by atoms with Gasteiger partial charge in [0, 0.05) is 32.2 Å². The number of benzene rings is 1. The van der Waals surface area contributed by atoms with Gasteiger partial charge in [-0.05, 0) is 38.9 Å². The Morgan fingerprint density at radius 2 is 2.10 bits per heavy atom. The van der Waals surface area contributed by atoms with Crippen molar-refractivity contribution in [3.05, 3.63) is 29.3 Å². The summed E-state index contributed by atoms with van der Waals surface area (Å²) in [6.45, 7) is 4.14. The van der Waals surface area contributed by atoms with Crippen LogP contribution in [0.15, 0.2) is 23.2 Å². The Morgan fingerprint density at radius 3 is 2.74 bits per heavy atom. The zero-order valence-electron chi connectivity index (χ0n) is 18.7. The number of halogens is 3. The minimum atomic E-state index is -2.90. The second kappa shape index (κ2) is 13.7. The topological polar surface area (TPSA) is 69.2 Å². The zero-order chi connectivity index (χ0) is 22.1. The lowest BCUT2D eigenvalue weighted by molar-refractivity contribution is -0.127. The molecule has 0 aliphatic carbocycles. The first-order chi connectivity index (χ1) is 14.3. The highest BCUT2D eigenvalue weighted by molar-refractivity contribution is 14.0. The molecule has 31 heavy (non-hydrogen) atoms. The van der Waals surface area contributed by atoms with Crippen LogP contribution in [0.25, 0.3) is 0 Å². The summed E-state index contributed by atoms with van der Waals surface area (Å²) in [6.07, 6.45) is 2.27. The van der Waals surface area contributed by atoms with Crippen LogP contribution < -0.4 is 15.4 Å². The van der Waals surface area contributed by atoms with Crippen molar-refractivity contribution in [1.29, 1.82) is 0 Å². The maximum atomic E-state index is 12.7. The Morgan fingerprint density at radius 1 is 1.35 bits per heavy atom. The van der Waals surface area contributed by atoms with Crippen LogP contribution in [-0.2, 0) is 11.3 Å². The summed E-state index contributed by atoms with van der Waals surface area (Å²) in [4.78, 5) is 20.4. The Balaban J connectivity index is 0.00000480. The number of nitrogens with zero attached hydrogens (tertiary/aromatic N) is 3. The molecular weight excluding hydrogens is 519 g/mol. The third kappa shape index (κ3) is 9.14. The number of aryl methyl sites for hydroxylation is 1. The fraction of sp³-hybridized carbons (Fsp3) is 0.619. The normalized spacial score (nSPS) is 16.7. The number of hydrogen-bond acceptors (Lipinski definition) is 4. The van der Waals surface area contributed by atoms with E-state index in [2.05, 4.69) is 32.2 Å². The van der Waals surface area contributed by atoms with E-state index >= 15 is 0 Å². The Hall–Kier alpha value is -1.69. The van der Waals surface area contributed by atoms with E-state index < -0.39 is 6.61 Å². The van der Waals surface area contributed by atoms with Crippen molar-refractivity contribution >= 4 is 35.8 Å². The van der Waals surface area contributed by atoms with Gasteiger partial charge >= 0.3 is 6.61 Å². The van der Waals surface area contributed by atoms with Crippen molar-refractivity contribution in [3.8, 4) is 5.75 Å². The van der Waals surface area contributed by atoms with Crippen molar-refractivity contribution in [3.63, 3.8) is 0 Å². The molecule has 0 spiro atoms. The summed E-state index contributed by atoms with van der Waals surface area (Å²) < 4.78 is 30.1. The van der Waals surface area contributed by atoms with Crippen LogP contribution in [0.3, 0.4) is 0 Å². The number of likely N-dealkylation sites (tertiary alicyclic amines) is 1. The predicted molar refractivity (Wildman–Crippen MR) is 129 cm³/mol. The molecule has 10 heteroatoms. The van der Waals surface area contributed by atoms with Gasteiger partial charge in [0.1, 0.15) is 5.75 Å². The van der Waals surface area contributed by atoms with E-state index in [4.69, 9.17) is 0 Å². The van der Waals surface area contributed by atoms with Crippen LogP contribution in [0.5, 0.6) is 5.75 Å². The molecule has 1 amide bonds. The monoisotopic (exact) mass is 553 g/mol. The second-order valence-electron chi connectivity index (χ2n) is 7.60. The maximum Gasteiger partial charge on any atom is 0.387 e. The van der Waals surface area contributed by atoms with Gasteiger partial charge in [-0.3, -0.25) is 9.69 Å². The van der Waals surface area contributed by atoms with Crippen LogP contribution in [0.4, 0.5) is 8.78 Å². The lowest BCUT2D eigenvalue weighted by atomic mass is 10.1. The fourth-order valence-electron chi connectivity index (χ4n) is 3.46. The van der Waals surface area contributed by atoms with Gasteiger partial charge in [0.05, 0.1) is 13.1 Å². The summed E-state index contributed by atoms with van der Waals surface area (Å²) in [5, 5.41) is 6.35. The maximum absolute atomic E-state index is 12.7. The van der Waals surface area contributed by atoms with E-state index in [-0.39, 0.29) is 48.7 Å². The molecule has 1 fully saturated rings. The molecule has 1 heterocycles. The van der Waals surface area contributed by atoms with Crippen LogP contribution in [0.1, 0.15) is 30.9 Å². The molecule has 1 aromatic carbocycles. The third-order valence-corrected chi connectivity index (χ3v) is 5.16. The Labute approximate surface area is 200 Å². The van der Waals surface area contributed by atoms with E-state index in [1.807, 2.05) is 6.92 Å². The van der Waals surface area contributed by atoms with Crippen LogP contribution >= 0.6 is 24.0 Å². The van der Waals surface area contributed by atoms with Crippen molar-refractivity contribution in [1.82, 2.24) is 20.4 Å². The number of aliphatic imine (C=N–C) groups is 1. The predicted octanol–water partition coefficient (Wildman–Crippen LogP) is 2.82. The van der Waals surface area contributed by atoms with Gasteiger partial charge < -0.3 is 20.3 Å². The summed E-state index contributed by atoms with van der Waals surface area (Å²) in [6, 6.07) is 5.43. The van der Waals surface area contributed by atoms with E-state index in [0.717, 1.165) is 31.5 Å². The van der Waals surface area contributed by atoms with Gasteiger partial charge in [0.15, 0.2) is 5.96 Å². The minimum absolute atomic E-state index is 0. The molecule has 1 aromatic rings. The van der Waals surface area contributed by atoms with E-state index in [0.29, 0.717) is 24.1 Å². The Bertz CT molecular complexity index is 734. The van der Waals surface area contributed by atoms with Crippen LogP contribution in [-0.4, -0.2) is 74.6 Å². The largest absolute Gasteiger partial charge is 0.434 e. The standard InChI is InChI=1S/C21H33F2N5O2.HI/c1-5-28-10-6-7-17(28)13-25-21(26-14-19(29)27(3)4)24-12-16-11-15(2)8-9-18(16)30-20(22)23;/h8-9,11,17,20H,5-7,10,12-14H2,1-4H3,(H2,24,25,26);1H. The lowest BCUT2D eigenvalue weighted by Gasteiger charge is -2.24. The lowest BCUT2D eigenvalue weighted by Crippen LogP contribution is -2.47. The summed E-state index contributed by atoms with van der Waals surface area (Å²) >= 11 is 0. The molecule has 1 atom stereocenters. The highest BCUT2D eigenvalue weighted by Gasteiger charge is 2.23. The van der Waals surface area contributed by atoms with Crippen molar-refractivity contribution in [2.24, 2.45) is 4.99 Å². The quantitative estimate of drug-likeness (QED) is 0.280. The first-order valence-corrected chi connectivity index (χ1v) is 10.3. The highest BCUT2D eigenvalue weighted by atomic mass is 127. The molecule has 0 saturated carbocycles. The number of ether oxygens (including phenoxy) is 1. The number of hydrogen-bond donors (Lipinski definition) is 2. The molecule has 7 nitrogen and oxygen atoms in total. The van der Waals surface area contributed by atoms with Crippen LogP contribution in [0, 0.1) is 6.92 Å². The number of carbonyl (C=O) groups is 1. The van der Waals surface area contributed by atoms with Gasteiger partial charge in [-0.2, -0.15) is 8.78 Å². The number of nitrogens with one attached hydrogen (secondary N) is 2. The highest BCUT2D eigenvalue weighted by Crippen LogP contribution is 2.23. The average Bonchev–Trinajstić information content (AvgIpc) is 3.16. The smallest absolute Gasteiger partial charge is 0.387 e. The van der Waals surface area contributed by atoms with E-state index in [1.54, 1.807) is 26.2 Å². The average molecular weight is 553 g/mol. The second-order valence-corrected chi connectivity index (χ2v) is 7.60. The molecule has 0 radical (unpaired) electrons. The molecule has 1 aliphatic rings. The number of carbonyl (C=O) groups excluding carboxylic acids is 1. The summed E-state index contributed by atoms with van der Waals surface area (Å²) in [7, 11) is 3.37. The first kappa shape index (κ1) is 27.3. The number of likely N-dealkylation sites (N-methyl/N-ethyl adjacent to an activating group) is 2. The molecule has 1 aliphatic heterocycles. The minimum Gasteiger partial charge on any atom is -0.434 e. The fourth-order valence-corrected chi connectivity index (χ4v) is 3.46. The molecular formula is C21H34F2IN5O2. The van der Waals surface area contributed by atoms with Crippen molar-refractivity contribution in [2.75, 3.05) is 40.3 Å². The SMILES string of the molecule is CCN1CCCC1CNC(=NCc1cc(C)ccc1OC(F)F)NCC(=O)N(C)C.I. The summed E-state index contributed by atoms with van der Waals surface area (Å²) in [5.41, 5.74) is 1.49. The number of guanidine groups is 1. The van der Waals surface area contributed by atoms with Gasteiger partial charge in [-0.1, -0.05) is 24.6 Å². The first-order valence-electron chi connectivity index (χ1n) is 10.3. The molecule has 0 aromatic heterocycles. The van der Waals surface area contributed by atoms with Crippen molar-refractivity contribution < 1.29 is 18.3 Å². The zero-order valence-corrected chi connectivity index (χ0v) is 21.0. The van der Waals surface area contributed by atoms with Crippen LogP contribution in [0.2, 0.25) is 0 Å². The molecule has 1 saturated heterocycles. The van der Waals surface area contributed by atoms with E-state index in [1.165, 1.54) is 11.0 Å². The van der Waals surface area contributed by atoms with Gasteiger partial charge in [0.2, 0.25) is 5.91 Å². The number of amides is 1. The molecule has 2 rings (SSSR count). The summed E-state index contributed by atoms with van der Waals surface area (Å²) in [5.74, 6) is 0.492. The molecule has 2 N–H and O–H groups in total. The van der Waals surface area contributed by atoms with Crippen molar-refractivity contribution in [2.45, 2.75) is 45.9 Å². The number of rotatable bonds is 9. The molecule has 176 valence electrons.